The second-order valence-electron chi connectivity index (χ2n) is 3.64. The molecule has 2 rings (SSSR count). The van der Waals surface area contributed by atoms with Crippen molar-refractivity contribution in [3.8, 4) is 6.07 Å². The summed E-state index contributed by atoms with van der Waals surface area (Å²) in [5.41, 5.74) is 0.524. The van der Waals surface area contributed by atoms with Crippen LogP contribution in [0.5, 0.6) is 0 Å². The van der Waals surface area contributed by atoms with Crippen LogP contribution in [0.1, 0.15) is 11.1 Å². The van der Waals surface area contributed by atoms with E-state index in [1.165, 1.54) is 0 Å². The molecule has 0 spiro atoms. The highest BCUT2D eigenvalue weighted by molar-refractivity contribution is 5.50. The summed E-state index contributed by atoms with van der Waals surface area (Å²) in [6.07, 6.45) is 3.22. The third kappa shape index (κ3) is 2.61. The molecule has 5 heteroatoms. The smallest absolute Gasteiger partial charge is 0.150 e. The maximum Gasteiger partial charge on any atom is 0.150 e. The first kappa shape index (κ1) is 12.0. The number of nitrogens with one attached hydrogen (secondary N) is 1. The number of anilines is 1. The van der Waals surface area contributed by atoms with Crippen LogP contribution in [0, 0.1) is 23.0 Å². The van der Waals surface area contributed by atoms with Crippen molar-refractivity contribution in [3.63, 3.8) is 0 Å². The molecule has 1 aromatic heterocycles. The Morgan fingerprint density at radius 2 is 2.00 bits per heavy atom. The molecule has 0 fully saturated rings. The number of halogens is 2. The second-order valence-corrected chi connectivity index (χ2v) is 3.64. The minimum absolute atomic E-state index is 0.0445. The highest BCUT2D eigenvalue weighted by Crippen LogP contribution is 2.21. The van der Waals surface area contributed by atoms with E-state index < -0.39 is 11.6 Å². The van der Waals surface area contributed by atoms with Crippen molar-refractivity contribution in [2.24, 2.45) is 0 Å². The third-order valence-corrected chi connectivity index (χ3v) is 2.36. The summed E-state index contributed by atoms with van der Waals surface area (Å²) >= 11 is 0. The lowest BCUT2D eigenvalue weighted by atomic mass is 10.2. The predicted octanol–water partition coefficient (Wildman–Crippen LogP) is 2.84. The molecule has 0 saturated carbocycles. The minimum Gasteiger partial charge on any atom is -0.376 e. The van der Waals surface area contributed by atoms with Gasteiger partial charge in [0.2, 0.25) is 0 Å². The summed E-state index contributed by atoms with van der Waals surface area (Å²) in [6, 6.07) is 7.21. The van der Waals surface area contributed by atoms with E-state index in [1.807, 2.05) is 0 Å². The predicted molar refractivity (Wildman–Crippen MR) is 62.6 cm³/mol. The van der Waals surface area contributed by atoms with Gasteiger partial charge < -0.3 is 5.32 Å². The molecule has 0 unspecified atom stereocenters. The average molecular weight is 245 g/mol. The fourth-order valence-electron chi connectivity index (χ4n) is 1.50. The van der Waals surface area contributed by atoms with Crippen molar-refractivity contribution in [1.29, 1.82) is 5.26 Å². The highest BCUT2D eigenvalue weighted by Gasteiger charge is 2.10. The van der Waals surface area contributed by atoms with Gasteiger partial charge in [0.15, 0.2) is 11.6 Å². The number of nitrogens with zero attached hydrogens (tertiary/aromatic N) is 2. The van der Waals surface area contributed by atoms with Gasteiger partial charge >= 0.3 is 0 Å². The van der Waals surface area contributed by atoms with Crippen LogP contribution in [0.25, 0.3) is 0 Å². The monoisotopic (exact) mass is 245 g/mol. The van der Waals surface area contributed by atoms with E-state index in [9.17, 15) is 8.78 Å². The number of pyridine rings is 1. The van der Waals surface area contributed by atoms with E-state index in [1.54, 1.807) is 30.6 Å². The fourth-order valence-corrected chi connectivity index (χ4v) is 1.50. The summed E-state index contributed by atoms with van der Waals surface area (Å²) in [6.45, 7) is 0.258. The van der Waals surface area contributed by atoms with Crippen LogP contribution in [-0.4, -0.2) is 4.98 Å². The molecule has 0 atom stereocenters. The molecular formula is C13H9F2N3. The zero-order chi connectivity index (χ0) is 13.0. The van der Waals surface area contributed by atoms with Crippen molar-refractivity contribution in [2.75, 3.05) is 5.32 Å². The molecule has 18 heavy (non-hydrogen) atoms. The first-order valence-electron chi connectivity index (χ1n) is 5.22. The third-order valence-electron chi connectivity index (χ3n) is 2.36. The molecule has 0 bridgehead atoms. The average Bonchev–Trinajstić information content (AvgIpc) is 2.38. The molecule has 1 N–H and O–H groups in total. The van der Waals surface area contributed by atoms with Gasteiger partial charge in [-0.3, -0.25) is 4.98 Å². The Morgan fingerprint density at radius 3 is 2.56 bits per heavy atom. The van der Waals surface area contributed by atoms with E-state index in [2.05, 4.69) is 10.3 Å². The Morgan fingerprint density at radius 1 is 1.28 bits per heavy atom. The van der Waals surface area contributed by atoms with Gasteiger partial charge in [-0.1, -0.05) is 6.07 Å². The molecule has 0 radical (unpaired) electrons. The van der Waals surface area contributed by atoms with E-state index in [0.29, 0.717) is 0 Å². The first-order valence-corrected chi connectivity index (χ1v) is 5.22. The summed E-state index contributed by atoms with van der Waals surface area (Å²) in [5, 5.41) is 11.2. The van der Waals surface area contributed by atoms with Gasteiger partial charge in [0, 0.05) is 18.9 Å². The number of rotatable bonds is 3. The van der Waals surface area contributed by atoms with Crippen molar-refractivity contribution in [3.05, 3.63) is 59.4 Å². The van der Waals surface area contributed by atoms with Gasteiger partial charge in [-0.15, -0.1) is 0 Å². The van der Waals surface area contributed by atoms with Gasteiger partial charge in [-0.25, -0.2) is 8.78 Å². The van der Waals surface area contributed by atoms with Crippen molar-refractivity contribution >= 4 is 5.69 Å². The minimum atomic E-state index is -0.782. The summed E-state index contributed by atoms with van der Waals surface area (Å²) in [5.74, 6) is -1.56. The van der Waals surface area contributed by atoms with Crippen LogP contribution >= 0.6 is 0 Å². The molecule has 0 amide bonds. The molecule has 0 aliphatic rings. The molecule has 0 saturated heterocycles. The number of nitriles is 1. The molecule has 1 aromatic carbocycles. The largest absolute Gasteiger partial charge is 0.376 e. The molecule has 0 aliphatic carbocycles. The SMILES string of the molecule is N#Cc1cc(F)c(NCc2cccnc2)c(F)c1. The molecule has 0 aliphatic heterocycles. The number of hydrogen-bond acceptors (Lipinski definition) is 3. The molecule has 1 heterocycles. The molecular weight excluding hydrogens is 236 g/mol. The summed E-state index contributed by atoms with van der Waals surface area (Å²) < 4.78 is 27.1. The Kier molecular flexibility index (Phi) is 3.49. The Balaban J connectivity index is 2.18. The summed E-state index contributed by atoms with van der Waals surface area (Å²) in [7, 11) is 0. The second kappa shape index (κ2) is 5.23. The molecule has 3 nitrogen and oxygen atoms in total. The van der Waals surface area contributed by atoms with Crippen LogP contribution in [0.2, 0.25) is 0 Å². The zero-order valence-corrected chi connectivity index (χ0v) is 9.32. The first-order chi connectivity index (χ1) is 8.70. The number of hydrogen-bond donors (Lipinski definition) is 1. The highest BCUT2D eigenvalue weighted by atomic mass is 19.1. The van der Waals surface area contributed by atoms with Crippen molar-refractivity contribution in [2.45, 2.75) is 6.54 Å². The van der Waals surface area contributed by atoms with E-state index in [0.717, 1.165) is 17.7 Å². The topological polar surface area (TPSA) is 48.7 Å². The fraction of sp³-hybridized carbons (Fsp3) is 0.0769. The van der Waals surface area contributed by atoms with E-state index in [4.69, 9.17) is 5.26 Å². The quantitative estimate of drug-likeness (QED) is 0.904. The van der Waals surface area contributed by atoms with Gasteiger partial charge in [0.1, 0.15) is 5.69 Å². The van der Waals surface area contributed by atoms with Gasteiger partial charge in [0.05, 0.1) is 11.6 Å². The summed E-state index contributed by atoms with van der Waals surface area (Å²) in [4.78, 5) is 3.90. The normalized spacial score (nSPS) is 9.83. The molecule has 2 aromatic rings. The van der Waals surface area contributed by atoms with Crippen LogP contribution in [0.3, 0.4) is 0 Å². The van der Waals surface area contributed by atoms with Gasteiger partial charge in [0.25, 0.3) is 0 Å². The molecule has 90 valence electrons. The zero-order valence-electron chi connectivity index (χ0n) is 9.32. The lowest BCUT2D eigenvalue weighted by Gasteiger charge is -2.08. The number of aromatic nitrogens is 1. The Hall–Kier alpha value is -2.48. The lowest BCUT2D eigenvalue weighted by Crippen LogP contribution is -2.04. The van der Waals surface area contributed by atoms with Crippen LogP contribution in [-0.2, 0) is 6.54 Å². The van der Waals surface area contributed by atoms with Gasteiger partial charge in [-0.05, 0) is 23.8 Å². The van der Waals surface area contributed by atoms with Crippen molar-refractivity contribution in [1.82, 2.24) is 4.98 Å². The van der Waals surface area contributed by atoms with E-state index in [-0.39, 0.29) is 17.8 Å². The van der Waals surface area contributed by atoms with Crippen LogP contribution in [0.15, 0.2) is 36.7 Å². The van der Waals surface area contributed by atoms with Crippen LogP contribution in [0.4, 0.5) is 14.5 Å². The van der Waals surface area contributed by atoms with Gasteiger partial charge in [-0.2, -0.15) is 5.26 Å². The maximum absolute atomic E-state index is 13.5. The van der Waals surface area contributed by atoms with Crippen molar-refractivity contribution < 1.29 is 8.78 Å². The Labute approximate surface area is 103 Å². The maximum atomic E-state index is 13.5. The van der Waals surface area contributed by atoms with Crippen LogP contribution < -0.4 is 5.32 Å². The Bertz CT molecular complexity index is 568. The standard InChI is InChI=1S/C13H9F2N3/c14-11-4-10(6-16)5-12(15)13(11)18-8-9-2-1-3-17-7-9/h1-5,7,18H,8H2. The number of benzene rings is 1. The lowest BCUT2D eigenvalue weighted by molar-refractivity contribution is 0.587. The van der Waals surface area contributed by atoms with E-state index >= 15 is 0 Å².